The second kappa shape index (κ2) is 3.44. The van der Waals surface area contributed by atoms with Crippen molar-refractivity contribution >= 4 is 5.97 Å². The second-order valence-corrected chi connectivity index (χ2v) is 3.71. The largest absolute Gasteiger partial charge is 0.479 e. The van der Waals surface area contributed by atoms with Gasteiger partial charge in [0, 0.05) is 5.41 Å². The van der Waals surface area contributed by atoms with E-state index in [4.69, 9.17) is 5.11 Å². The Morgan fingerprint density at radius 3 is 2.50 bits per heavy atom. The van der Waals surface area contributed by atoms with Crippen LogP contribution in [-0.2, 0) is 4.79 Å². The lowest BCUT2D eigenvalue weighted by Gasteiger charge is -2.17. The van der Waals surface area contributed by atoms with E-state index in [2.05, 4.69) is 6.92 Å². The van der Waals surface area contributed by atoms with Crippen LogP contribution in [-0.4, -0.2) is 22.3 Å². The normalized spacial score (nSPS) is 21.8. The summed E-state index contributed by atoms with van der Waals surface area (Å²) in [5.74, 6) is -1.07. The highest BCUT2D eigenvalue weighted by Crippen LogP contribution is 2.52. The topological polar surface area (TPSA) is 57.5 Å². The minimum atomic E-state index is -1.14. The average Bonchev–Trinajstić information content (AvgIpc) is 2.80. The Kier molecular flexibility index (Phi) is 2.73. The maximum atomic E-state index is 10.5. The maximum absolute atomic E-state index is 10.5. The summed E-state index contributed by atoms with van der Waals surface area (Å²) in [4.78, 5) is 10.5. The Labute approximate surface area is 72.4 Å². The Balaban J connectivity index is 2.42. The molecule has 12 heavy (non-hydrogen) atoms. The molecule has 1 aliphatic rings. The minimum Gasteiger partial charge on any atom is -0.479 e. The SMILES string of the molecule is CCCCC1(C(O)C(=O)O)CC1. The molecular formula is C9H16O3. The number of rotatable bonds is 5. The van der Waals surface area contributed by atoms with E-state index in [9.17, 15) is 9.90 Å². The number of carboxylic acids is 1. The number of aliphatic carboxylic acids is 1. The quantitative estimate of drug-likeness (QED) is 0.659. The third kappa shape index (κ3) is 1.78. The van der Waals surface area contributed by atoms with Gasteiger partial charge >= 0.3 is 5.97 Å². The number of carboxylic acid groups (broad SMARTS) is 1. The van der Waals surface area contributed by atoms with Crippen LogP contribution in [0.25, 0.3) is 0 Å². The molecule has 0 aromatic rings. The summed E-state index contributed by atoms with van der Waals surface area (Å²) in [5.41, 5.74) is -0.262. The zero-order valence-corrected chi connectivity index (χ0v) is 7.42. The van der Waals surface area contributed by atoms with Crippen molar-refractivity contribution in [3.05, 3.63) is 0 Å². The molecular weight excluding hydrogens is 156 g/mol. The predicted octanol–water partition coefficient (Wildman–Crippen LogP) is 1.40. The summed E-state index contributed by atoms with van der Waals surface area (Å²) < 4.78 is 0. The van der Waals surface area contributed by atoms with Gasteiger partial charge in [0.15, 0.2) is 6.10 Å². The Hall–Kier alpha value is -0.570. The van der Waals surface area contributed by atoms with E-state index in [0.717, 1.165) is 32.1 Å². The first-order valence-electron chi connectivity index (χ1n) is 4.53. The van der Waals surface area contributed by atoms with E-state index in [1.807, 2.05) is 0 Å². The van der Waals surface area contributed by atoms with Crippen molar-refractivity contribution in [1.29, 1.82) is 0 Å². The molecule has 0 bridgehead atoms. The molecule has 1 aliphatic carbocycles. The van der Waals surface area contributed by atoms with Crippen molar-refractivity contribution in [2.75, 3.05) is 0 Å². The maximum Gasteiger partial charge on any atom is 0.333 e. The fraction of sp³-hybridized carbons (Fsp3) is 0.889. The molecule has 0 heterocycles. The van der Waals surface area contributed by atoms with Crippen molar-refractivity contribution in [2.24, 2.45) is 5.41 Å². The highest BCUT2D eigenvalue weighted by atomic mass is 16.4. The van der Waals surface area contributed by atoms with Crippen LogP contribution in [0.15, 0.2) is 0 Å². The monoisotopic (exact) mass is 172 g/mol. The van der Waals surface area contributed by atoms with Gasteiger partial charge in [-0.05, 0) is 19.3 Å². The number of carbonyl (C=O) groups is 1. The Morgan fingerprint density at radius 2 is 2.17 bits per heavy atom. The summed E-state index contributed by atoms with van der Waals surface area (Å²) in [6, 6.07) is 0. The number of unbranched alkanes of at least 4 members (excludes halogenated alkanes) is 1. The molecule has 3 heteroatoms. The summed E-state index contributed by atoms with van der Waals surface area (Å²) in [7, 11) is 0. The van der Waals surface area contributed by atoms with Gasteiger partial charge in [-0.15, -0.1) is 0 Å². The van der Waals surface area contributed by atoms with E-state index >= 15 is 0 Å². The van der Waals surface area contributed by atoms with Gasteiger partial charge in [-0.25, -0.2) is 4.79 Å². The molecule has 2 N–H and O–H groups in total. The molecule has 70 valence electrons. The van der Waals surface area contributed by atoms with Crippen LogP contribution in [0.5, 0.6) is 0 Å². The fourth-order valence-corrected chi connectivity index (χ4v) is 1.61. The van der Waals surface area contributed by atoms with Gasteiger partial charge in [-0.2, -0.15) is 0 Å². The number of hydrogen-bond donors (Lipinski definition) is 2. The standard InChI is InChI=1S/C9H16O3/c1-2-3-4-9(5-6-9)7(10)8(11)12/h7,10H,2-6H2,1H3,(H,11,12). The first-order chi connectivity index (χ1) is 5.62. The summed E-state index contributed by atoms with van der Waals surface area (Å²) >= 11 is 0. The lowest BCUT2D eigenvalue weighted by molar-refractivity contribution is -0.150. The van der Waals surface area contributed by atoms with Crippen molar-refractivity contribution in [1.82, 2.24) is 0 Å². The molecule has 0 amide bonds. The van der Waals surface area contributed by atoms with Crippen LogP contribution >= 0.6 is 0 Å². The third-order valence-electron chi connectivity index (χ3n) is 2.73. The molecule has 1 fully saturated rings. The van der Waals surface area contributed by atoms with Crippen LogP contribution < -0.4 is 0 Å². The van der Waals surface area contributed by atoms with Crippen LogP contribution in [0.4, 0.5) is 0 Å². The van der Waals surface area contributed by atoms with Crippen LogP contribution in [0.2, 0.25) is 0 Å². The smallest absolute Gasteiger partial charge is 0.333 e. The molecule has 1 saturated carbocycles. The molecule has 0 saturated heterocycles. The van der Waals surface area contributed by atoms with Gasteiger partial charge in [0.25, 0.3) is 0 Å². The molecule has 0 radical (unpaired) electrons. The van der Waals surface area contributed by atoms with Gasteiger partial charge < -0.3 is 10.2 Å². The first kappa shape index (κ1) is 9.52. The summed E-state index contributed by atoms with van der Waals surface area (Å²) in [5, 5.41) is 18.0. The Morgan fingerprint density at radius 1 is 1.58 bits per heavy atom. The van der Waals surface area contributed by atoms with Gasteiger partial charge in [-0.1, -0.05) is 19.8 Å². The lowest BCUT2D eigenvalue weighted by Crippen LogP contribution is -2.30. The lowest BCUT2D eigenvalue weighted by atomic mass is 9.93. The van der Waals surface area contributed by atoms with Gasteiger partial charge in [0.1, 0.15) is 0 Å². The molecule has 1 rings (SSSR count). The predicted molar refractivity (Wildman–Crippen MR) is 44.8 cm³/mol. The van der Waals surface area contributed by atoms with Gasteiger partial charge in [0.2, 0.25) is 0 Å². The fourth-order valence-electron chi connectivity index (χ4n) is 1.61. The van der Waals surface area contributed by atoms with Crippen molar-refractivity contribution in [2.45, 2.75) is 45.1 Å². The number of aliphatic hydroxyl groups is 1. The first-order valence-corrected chi connectivity index (χ1v) is 4.53. The molecule has 1 atom stereocenters. The van der Waals surface area contributed by atoms with Crippen LogP contribution in [0.1, 0.15) is 39.0 Å². The Bertz CT molecular complexity index is 173. The van der Waals surface area contributed by atoms with Gasteiger partial charge in [0.05, 0.1) is 0 Å². The highest BCUT2D eigenvalue weighted by molar-refractivity contribution is 5.73. The zero-order valence-electron chi connectivity index (χ0n) is 7.42. The molecule has 0 aliphatic heterocycles. The van der Waals surface area contributed by atoms with Crippen LogP contribution in [0, 0.1) is 5.41 Å². The number of aliphatic hydroxyl groups excluding tert-OH is 1. The zero-order chi connectivity index (χ0) is 9.19. The van der Waals surface area contributed by atoms with E-state index in [1.54, 1.807) is 0 Å². The van der Waals surface area contributed by atoms with Crippen LogP contribution in [0.3, 0.4) is 0 Å². The summed E-state index contributed by atoms with van der Waals surface area (Å²) in [6.07, 6.45) is 3.56. The van der Waals surface area contributed by atoms with E-state index in [-0.39, 0.29) is 5.41 Å². The molecule has 0 aromatic carbocycles. The second-order valence-electron chi connectivity index (χ2n) is 3.71. The third-order valence-corrected chi connectivity index (χ3v) is 2.73. The van der Waals surface area contributed by atoms with Crippen molar-refractivity contribution in [3.63, 3.8) is 0 Å². The average molecular weight is 172 g/mol. The molecule has 0 aromatic heterocycles. The van der Waals surface area contributed by atoms with E-state index < -0.39 is 12.1 Å². The van der Waals surface area contributed by atoms with E-state index in [0.29, 0.717) is 0 Å². The highest BCUT2D eigenvalue weighted by Gasteiger charge is 2.51. The molecule has 1 unspecified atom stereocenters. The minimum absolute atomic E-state index is 0.262. The van der Waals surface area contributed by atoms with Crippen molar-refractivity contribution < 1.29 is 15.0 Å². The summed E-state index contributed by atoms with van der Waals surface area (Å²) in [6.45, 7) is 2.07. The van der Waals surface area contributed by atoms with Crippen molar-refractivity contribution in [3.8, 4) is 0 Å². The van der Waals surface area contributed by atoms with Gasteiger partial charge in [-0.3, -0.25) is 0 Å². The molecule has 0 spiro atoms. The van der Waals surface area contributed by atoms with E-state index in [1.165, 1.54) is 0 Å². The number of hydrogen-bond acceptors (Lipinski definition) is 2. The molecule has 3 nitrogen and oxygen atoms in total.